The molecule has 1 heterocycles. The number of benzene rings is 1. The number of nitrogens with one attached hydrogen (secondary N) is 1. The van der Waals surface area contributed by atoms with Gasteiger partial charge in [0.25, 0.3) is 11.8 Å². The Hall–Kier alpha value is -3.54. The molecule has 1 aromatic carbocycles. The van der Waals surface area contributed by atoms with Crippen LogP contribution in [0.3, 0.4) is 0 Å². The van der Waals surface area contributed by atoms with Crippen molar-refractivity contribution >= 4 is 17.9 Å². The Balaban J connectivity index is 1.76. The summed E-state index contributed by atoms with van der Waals surface area (Å²) in [5.41, 5.74) is 3.78. The lowest BCUT2D eigenvalue weighted by Gasteiger charge is -2.22. The number of hydrogen-bond acceptors (Lipinski definition) is 3. The van der Waals surface area contributed by atoms with Crippen molar-refractivity contribution < 1.29 is 22.8 Å². The van der Waals surface area contributed by atoms with Crippen LogP contribution in [0.5, 0.6) is 0 Å². The summed E-state index contributed by atoms with van der Waals surface area (Å²) in [5, 5.41) is 11.6. The molecule has 186 valence electrons. The van der Waals surface area contributed by atoms with Crippen LogP contribution < -0.4 is 5.32 Å². The zero-order valence-electron chi connectivity index (χ0n) is 20.1. The van der Waals surface area contributed by atoms with Crippen LogP contribution in [0.4, 0.5) is 13.2 Å². The van der Waals surface area contributed by atoms with E-state index in [1.807, 2.05) is 25.2 Å². The largest absolute Gasteiger partial charge is 0.405 e. The van der Waals surface area contributed by atoms with E-state index >= 15 is 0 Å². The number of nitriles is 1. The molecule has 9 heteroatoms. The van der Waals surface area contributed by atoms with Gasteiger partial charge in [-0.2, -0.15) is 18.4 Å². The first-order valence-corrected chi connectivity index (χ1v) is 11.6. The van der Waals surface area contributed by atoms with Crippen molar-refractivity contribution in [3.63, 3.8) is 0 Å². The first-order chi connectivity index (χ1) is 16.5. The number of alkyl halides is 3. The Kier molecular flexibility index (Phi) is 8.05. The van der Waals surface area contributed by atoms with Gasteiger partial charge in [-0.15, -0.1) is 0 Å². The van der Waals surface area contributed by atoms with Crippen LogP contribution in [0.2, 0.25) is 0 Å². The molecular formula is C26H29F3N4O2. The lowest BCUT2D eigenvalue weighted by atomic mass is 10.1. The van der Waals surface area contributed by atoms with E-state index in [-0.39, 0.29) is 29.6 Å². The Labute approximate surface area is 203 Å². The lowest BCUT2D eigenvalue weighted by molar-refractivity contribution is -0.127. The molecule has 0 spiro atoms. The van der Waals surface area contributed by atoms with Crippen molar-refractivity contribution in [3.8, 4) is 6.07 Å². The maximum absolute atomic E-state index is 13.3. The molecule has 1 aliphatic rings. The Morgan fingerprint density at radius 2 is 1.89 bits per heavy atom. The SMILES string of the molecule is CCCn1c(C)cc(/C=C(\C#N)C(=O)N(Cc2ccc(C(=O)NCC(F)(F)F)cc2)C2CC2)c1C. The predicted molar refractivity (Wildman–Crippen MR) is 126 cm³/mol. The normalized spacial score (nSPS) is 13.9. The summed E-state index contributed by atoms with van der Waals surface area (Å²) in [6.45, 7) is 5.76. The fraction of sp³-hybridized carbons (Fsp3) is 0.423. The number of amides is 2. The zero-order chi connectivity index (χ0) is 25.8. The van der Waals surface area contributed by atoms with Gasteiger partial charge in [0.05, 0.1) is 0 Å². The van der Waals surface area contributed by atoms with Gasteiger partial charge < -0.3 is 14.8 Å². The minimum atomic E-state index is -4.48. The third-order valence-corrected chi connectivity index (χ3v) is 5.98. The molecule has 1 saturated carbocycles. The van der Waals surface area contributed by atoms with Crippen LogP contribution in [0.25, 0.3) is 6.08 Å². The van der Waals surface area contributed by atoms with Gasteiger partial charge in [0, 0.05) is 36.1 Å². The highest BCUT2D eigenvalue weighted by atomic mass is 19.4. The standard InChI is InChI=1S/C26H29F3N4O2/c1-4-11-32-17(2)12-21(18(32)3)13-22(14-30)25(35)33(23-9-10-23)15-19-5-7-20(8-6-19)24(34)31-16-26(27,28)29/h5-8,12-13,23H,4,9-11,15-16H2,1-3H3,(H,31,34)/b22-13+. The Bertz CT molecular complexity index is 1150. The summed E-state index contributed by atoms with van der Waals surface area (Å²) in [6, 6.07) is 10.1. The summed E-state index contributed by atoms with van der Waals surface area (Å²) in [5.74, 6) is -1.18. The second-order valence-corrected chi connectivity index (χ2v) is 8.81. The number of carbonyl (C=O) groups excluding carboxylic acids is 2. The Morgan fingerprint density at radius 1 is 1.23 bits per heavy atom. The van der Waals surface area contributed by atoms with Crippen molar-refractivity contribution in [2.24, 2.45) is 0 Å². The molecule has 0 radical (unpaired) electrons. The highest BCUT2D eigenvalue weighted by Gasteiger charge is 2.34. The van der Waals surface area contributed by atoms with E-state index in [4.69, 9.17) is 0 Å². The van der Waals surface area contributed by atoms with E-state index in [1.54, 1.807) is 23.1 Å². The number of carbonyl (C=O) groups is 2. The van der Waals surface area contributed by atoms with Crippen LogP contribution in [0.15, 0.2) is 35.9 Å². The minimum absolute atomic E-state index is 0.0292. The van der Waals surface area contributed by atoms with Crippen LogP contribution in [0, 0.1) is 25.2 Å². The molecule has 0 bridgehead atoms. The van der Waals surface area contributed by atoms with Gasteiger partial charge in [-0.1, -0.05) is 19.1 Å². The van der Waals surface area contributed by atoms with Crippen LogP contribution >= 0.6 is 0 Å². The fourth-order valence-electron chi connectivity index (χ4n) is 3.99. The summed E-state index contributed by atoms with van der Waals surface area (Å²) in [6.07, 6.45) is -0.189. The van der Waals surface area contributed by atoms with Crippen molar-refractivity contribution in [2.75, 3.05) is 6.54 Å². The number of hydrogen-bond donors (Lipinski definition) is 1. The molecule has 35 heavy (non-hydrogen) atoms. The molecule has 1 fully saturated rings. The molecule has 1 aromatic heterocycles. The summed E-state index contributed by atoms with van der Waals surface area (Å²) < 4.78 is 39.1. The number of nitrogens with zero attached hydrogens (tertiary/aromatic N) is 3. The average molecular weight is 487 g/mol. The zero-order valence-corrected chi connectivity index (χ0v) is 20.1. The van der Waals surface area contributed by atoms with Gasteiger partial charge in [-0.25, -0.2) is 0 Å². The summed E-state index contributed by atoms with van der Waals surface area (Å²) in [7, 11) is 0. The molecule has 0 atom stereocenters. The van der Waals surface area contributed by atoms with Gasteiger partial charge in [0.15, 0.2) is 0 Å². The van der Waals surface area contributed by atoms with E-state index in [9.17, 15) is 28.0 Å². The smallest absolute Gasteiger partial charge is 0.349 e. The average Bonchev–Trinajstić information content (AvgIpc) is 3.62. The fourth-order valence-corrected chi connectivity index (χ4v) is 3.99. The van der Waals surface area contributed by atoms with Gasteiger partial charge in [0.2, 0.25) is 0 Å². The summed E-state index contributed by atoms with van der Waals surface area (Å²) >= 11 is 0. The van der Waals surface area contributed by atoms with E-state index in [2.05, 4.69) is 17.6 Å². The molecule has 0 saturated heterocycles. The molecule has 6 nitrogen and oxygen atoms in total. The molecule has 2 amide bonds. The van der Waals surface area contributed by atoms with Crippen LogP contribution in [0.1, 0.15) is 59.1 Å². The van der Waals surface area contributed by atoms with Crippen molar-refractivity contribution in [2.45, 2.75) is 65.3 Å². The van der Waals surface area contributed by atoms with Gasteiger partial charge in [-0.3, -0.25) is 9.59 Å². The van der Waals surface area contributed by atoms with E-state index in [0.717, 1.165) is 48.3 Å². The van der Waals surface area contributed by atoms with Gasteiger partial charge in [0.1, 0.15) is 18.2 Å². The second-order valence-electron chi connectivity index (χ2n) is 8.81. The number of aromatic nitrogens is 1. The van der Waals surface area contributed by atoms with Crippen LogP contribution in [-0.4, -0.2) is 40.0 Å². The predicted octanol–water partition coefficient (Wildman–Crippen LogP) is 4.91. The van der Waals surface area contributed by atoms with Crippen molar-refractivity contribution in [3.05, 3.63) is 64.0 Å². The van der Waals surface area contributed by atoms with Crippen LogP contribution in [-0.2, 0) is 17.9 Å². The maximum Gasteiger partial charge on any atom is 0.405 e. The highest BCUT2D eigenvalue weighted by Crippen LogP contribution is 2.30. The van der Waals surface area contributed by atoms with E-state index in [1.165, 1.54) is 12.1 Å². The van der Waals surface area contributed by atoms with Crippen molar-refractivity contribution in [1.82, 2.24) is 14.8 Å². The molecule has 0 aliphatic heterocycles. The number of aryl methyl sites for hydroxylation is 1. The molecular weight excluding hydrogens is 457 g/mol. The van der Waals surface area contributed by atoms with E-state index < -0.39 is 18.6 Å². The molecule has 1 aliphatic carbocycles. The van der Waals surface area contributed by atoms with Gasteiger partial charge in [-0.05, 0) is 68.5 Å². The van der Waals surface area contributed by atoms with Crippen molar-refractivity contribution in [1.29, 1.82) is 5.26 Å². The third kappa shape index (κ3) is 6.75. The lowest BCUT2D eigenvalue weighted by Crippen LogP contribution is -2.34. The second kappa shape index (κ2) is 10.8. The van der Waals surface area contributed by atoms with E-state index in [0.29, 0.717) is 0 Å². The quantitative estimate of drug-likeness (QED) is 0.404. The first-order valence-electron chi connectivity index (χ1n) is 11.6. The molecule has 1 N–H and O–H groups in total. The number of halogens is 3. The number of rotatable bonds is 9. The topological polar surface area (TPSA) is 78.1 Å². The summed E-state index contributed by atoms with van der Waals surface area (Å²) in [4.78, 5) is 26.9. The first kappa shape index (κ1) is 26.1. The Morgan fingerprint density at radius 3 is 2.43 bits per heavy atom. The maximum atomic E-state index is 13.3. The molecule has 3 rings (SSSR count). The van der Waals surface area contributed by atoms with Gasteiger partial charge >= 0.3 is 6.18 Å². The molecule has 0 unspecified atom stereocenters. The highest BCUT2D eigenvalue weighted by molar-refractivity contribution is 6.02. The molecule has 2 aromatic rings. The third-order valence-electron chi connectivity index (χ3n) is 5.98. The minimum Gasteiger partial charge on any atom is -0.349 e. The monoisotopic (exact) mass is 486 g/mol.